The highest BCUT2D eigenvalue weighted by atomic mass is 32.1. The van der Waals surface area contributed by atoms with Gasteiger partial charge in [-0.3, -0.25) is 9.69 Å². The highest BCUT2D eigenvalue weighted by Crippen LogP contribution is 2.38. The van der Waals surface area contributed by atoms with E-state index >= 15 is 0 Å². The van der Waals surface area contributed by atoms with Crippen LogP contribution in [0.3, 0.4) is 0 Å². The molecule has 0 atom stereocenters. The van der Waals surface area contributed by atoms with Gasteiger partial charge in [0.2, 0.25) is 5.91 Å². The van der Waals surface area contributed by atoms with Crippen molar-refractivity contribution in [1.29, 1.82) is 0 Å². The van der Waals surface area contributed by atoms with Crippen molar-refractivity contribution in [1.82, 2.24) is 19.8 Å². The van der Waals surface area contributed by atoms with Crippen LogP contribution in [0.25, 0.3) is 10.2 Å². The summed E-state index contributed by atoms with van der Waals surface area (Å²) in [6.07, 6.45) is 11.6. The van der Waals surface area contributed by atoms with Crippen LogP contribution in [0.15, 0.2) is 42.7 Å². The third-order valence-corrected chi connectivity index (χ3v) is 7.09. The molecule has 4 heterocycles. The van der Waals surface area contributed by atoms with E-state index in [9.17, 15) is 4.79 Å². The van der Waals surface area contributed by atoms with Gasteiger partial charge >= 0.3 is 0 Å². The van der Waals surface area contributed by atoms with Crippen molar-refractivity contribution in [2.45, 2.75) is 13.0 Å². The van der Waals surface area contributed by atoms with Crippen LogP contribution in [-0.4, -0.2) is 65.1 Å². The smallest absolute Gasteiger partial charge is 0.246 e. The monoisotopic (exact) mass is 459 g/mol. The van der Waals surface area contributed by atoms with Crippen molar-refractivity contribution in [2.75, 3.05) is 44.7 Å². The Hall–Kier alpha value is -3.25. The largest absolute Gasteiger partial charge is 0.379 e. The van der Waals surface area contributed by atoms with Gasteiger partial charge in [-0.1, -0.05) is 18.1 Å². The van der Waals surface area contributed by atoms with E-state index in [-0.39, 0.29) is 5.91 Å². The second-order valence-corrected chi connectivity index (χ2v) is 9.17. The van der Waals surface area contributed by atoms with E-state index in [0.717, 1.165) is 66.6 Å². The Labute approximate surface area is 197 Å². The molecule has 1 aromatic carbocycles. The van der Waals surface area contributed by atoms with Crippen LogP contribution in [0, 0.1) is 12.3 Å². The lowest BCUT2D eigenvalue weighted by Gasteiger charge is -2.27. The Morgan fingerprint density at radius 1 is 1.27 bits per heavy atom. The van der Waals surface area contributed by atoms with E-state index in [4.69, 9.17) is 11.2 Å². The number of rotatable bonds is 5. The third-order valence-electron chi connectivity index (χ3n) is 5.97. The summed E-state index contributed by atoms with van der Waals surface area (Å²) in [5, 5.41) is 4.45. The Bertz CT molecular complexity index is 1240. The molecule has 1 amide bonds. The molecular formula is C25H25N5O2S. The number of thiophene rings is 1. The van der Waals surface area contributed by atoms with Crippen LogP contribution >= 0.6 is 11.3 Å². The molecule has 0 radical (unpaired) electrons. The van der Waals surface area contributed by atoms with Crippen molar-refractivity contribution in [3.05, 3.63) is 58.7 Å². The van der Waals surface area contributed by atoms with Gasteiger partial charge in [0.1, 0.15) is 17.0 Å². The number of terminal acetylenes is 1. The van der Waals surface area contributed by atoms with E-state index in [0.29, 0.717) is 13.1 Å². The molecule has 1 saturated heterocycles. The number of ether oxygens (including phenoxy) is 1. The van der Waals surface area contributed by atoms with Crippen LogP contribution in [0.5, 0.6) is 0 Å². The lowest BCUT2D eigenvalue weighted by atomic mass is 10.0. The summed E-state index contributed by atoms with van der Waals surface area (Å²) in [5.41, 5.74) is 2.93. The first kappa shape index (κ1) is 21.6. The Balaban J connectivity index is 1.31. The van der Waals surface area contributed by atoms with Gasteiger partial charge < -0.3 is 15.0 Å². The predicted molar refractivity (Wildman–Crippen MR) is 131 cm³/mol. The lowest BCUT2D eigenvalue weighted by Crippen LogP contribution is -2.37. The zero-order valence-electron chi connectivity index (χ0n) is 18.3. The van der Waals surface area contributed by atoms with Gasteiger partial charge in [0, 0.05) is 48.4 Å². The molecule has 168 valence electrons. The number of morpholine rings is 1. The average molecular weight is 460 g/mol. The first-order chi connectivity index (χ1) is 16.2. The number of aromatic nitrogens is 2. The van der Waals surface area contributed by atoms with Crippen LogP contribution < -0.4 is 5.32 Å². The van der Waals surface area contributed by atoms with Crippen molar-refractivity contribution in [3.63, 3.8) is 0 Å². The first-order valence-corrected chi connectivity index (χ1v) is 11.9. The molecule has 0 aliphatic carbocycles. The van der Waals surface area contributed by atoms with Gasteiger partial charge in [-0.05, 0) is 30.2 Å². The molecule has 1 fully saturated rings. The Morgan fingerprint density at radius 2 is 2.15 bits per heavy atom. The normalized spacial score (nSPS) is 16.6. The van der Waals surface area contributed by atoms with E-state index in [2.05, 4.69) is 26.1 Å². The average Bonchev–Trinajstić information content (AvgIpc) is 3.23. The first-order valence-electron chi connectivity index (χ1n) is 11.1. The Morgan fingerprint density at radius 3 is 3.00 bits per heavy atom. The van der Waals surface area contributed by atoms with Crippen molar-refractivity contribution in [3.8, 4) is 12.3 Å². The quantitative estimate of drug-likeness (QED) is 0.467. The van der Waals surface area contributed by atoms with Crippen LogP contribution in [-0.2, 0) is 22.5 Å². The minimum Gasteiger partial charge on any atom is -0.379 e. The van der Waals surface area contributed by atoms with E-state index in [1.165, 1.54) is 10.4 Å². The molecule has 0 spiro atoms. The molecule has 33 heavy (non-hydrogen) atoms. The van der Waals surface area contributed by atoms with E-state index in [1.54, 1.807) is 23.7 Å². The summed E-state index contributed by atoms with van der Waals surface area (Å²) in [4.78, 5) is 28.1. The molecule has 1 N–H and O–H groups in total. The van der Waals surface area contributed by atoms with E-state index in [1.807, 2.05) is 35.2 Å². The number of hydrogen-bond acceptors (Lipinski definition) is 7. The number of anilines is 2. The number of carbonyl (C=O) groups excluding carboxylic acids is 1. The summed E-state index contributed by atoms with van der Waals surface area (Å²) >= 11 is 1.64. The molecule has 0 saturated carbocycles. The second kappa shape index (κ2) is 9.71. The zero-order valence-corrected chi connectivity index (χ0v) is 19.1. The fourth-order valence-corrected chi connectivity index (χ4v) is 5.43. The van der Waals surface area contributed by atoms with Gasteiger partial charge in [-0.15, -0.1) is 17.8 Å². The summed E-state index contributed by atoms with van der Waals surface area (Å²) in [5.74, 6) is 3.49. The van der Waals surface area contributed by atoms with Crippen LogP contribution in [0.1, 0.15) is 16.0 Å². The van der Waals surface area contributed by atoms with E-state index < -0.39 is 0 Å². The summed E-state index contributed by atoms with van der Waals surface area (Å²) in [6, 6.07) is 7.72. The molecule has 5 rings (SSSR count). The number of amides is 1. The zero-order chi connectivity index (χ0) is 22.6. The molecule has 3 aromatic rings. The Kier molecular flexibility index (Phi) is 6.35. The van der Waals surface area contributed by atoms with Crippen LogP contribution in [0.2, 0.25) is 0 Å². The second-order valence-electron chi connectivity index (χ2n) is 8.08. The minimum atomic E-state index is 0.0573. The van der Waals surface area contributed by atoms with Gasteiger partial charge in [0.25, 0.3) is 0 Å². The maximum absolute atomic E-state index is 12.8. The molecule has 2 aromatic heterocycles. The number of hydrogen-bond donors (Lipinski definition) is 1. The SMILES string of the molecule is C#Cc1cccc(Nc2ncnc3sc4c(c23)CCN(C(=O)/C=C/CN2CCOCC2)C4)c1. The standard InChI is InChI=1S/C25H25N5O2S/c1-2-18-5-3-6-19(15-18)28-24-23-20-8-10-30(16-21(20)33-25(23)27-17-26-24)22(31)7-4-9-29-11-13-32-14-12-29/h1,3-7,15,17H,8-14,16H2,(H,26,27,28)/b7-4+. The number of fused-ring (bicyclic) bond motifs is 3. The van der Waals surface area contributed by atoms with Crippen molar-refractivity contribution in [2.24, 2.45) is 0 Å². The number of nitrogens with one attached hydrogen (secondary N) is 1. The fourth-order valence-electron chi connectivity index (χ4n) is 4.23. The number of nitrogens with zero attached hydrogens (tertiary/aromatic N) is 4. The fraction of sp³-hybridized carbons (Fsp3) is 0.320. The lowest BCUT2D eigenvalue weighted by molar-refractivity contribution is -0.126. The molecule has 0 unspecified atom stereocenters. The molecule has 0 bridgehead atoms. The molecule has 2 aliphatic rings. The number of benzene rings is 1. The topological polar surface area (TPSA) is 70.6 Å². The third kappa shape index (κ3) is 4.76. The summed E-state index contributed by atoms with van der Waals surface area (Å²) < 4.78 is 5.37. The maximum atomic E-state index is 12.8. The van der Waals surface area contributed by atoms with Crippen molar-refractivity contribution < 1.29 is 9.53 Å². The van der Waals surface area contributed by atoms with Gasteiger partial charge in [0.05, 0.1) is 25.1 Å². The molecule has 7 nitrogen and oxygen atoms in total. The number of carbonyl (C=O) groups is 1. The highest BCUT2D eigenvalue weighted by molar-refractivity contribution is 7.19. The minimum absolute atomic E-state index is 0.0573. The maximum Gasteiger partial charge on any atom is 0.246 e. The van der Waals surface area contributed by atoms with Gasteiger partial charge in [0.15, 0.2) is 0 Å². The highest BCUT2D eigenvalue weighted by Gasteiger charge is 2.25. The predicted octanol–water partition coefficient (Wildman–Crippen LogP) is 3.19. The molecule has 8 heteroatoms. The van der Waals surface area contributed by atoms with Gasteiger partial charge in [-0.2, -0.15) is 0 Å². The van der Waals surface area contributed by atoms with Crippen molar-refractivity contribution >= 4 is 39.0 Å². The molecule has 2 aliphatic heterocycles. The van der Waals surface area contributed by atoms with Crippen LogP contribution in [0.4, 0.5) is 11.5 Å². The summed E-state index contributed by atoms with van der Waals surface area (Å²) in [7, 11) is 0. The van der Waals surface area contributed by atoms with Gasteiger partial charge in [-0.25, -0.2) is 9.97 Å². The summed E-state index contributed by atoms with van der Waals surface area (Å²) in [6.45, 7) is 5.41. The molecular weight excluding hydrogens is 434 g/mol.